The molecule has 0 saturated carbocycles. The van der Waals surface area contributed by atoms with Crippen molar-refractivity contribution in [3.63, 3.8) is 0 Å². The Hall–Kier alpha value is -1.05. The Kier molecular flexibility index (Phi) is 11.6. The number of rotatable bonds is 13. The van der Waals surface area contributed by atoms with Crippen molar-refractivity contribution in [2.75, 3.05) is 26.4 Å². The summed E-state index contributed by atoms with van der Waals surface area (Å²) in [5.41, 5.74) is 5.42. The number of unbranched alkanes of at least 4 members (excludes halogenated alkanes) is 2. The van der Waals surface area contributed by atoms with E-state index in [-0.39, 0.29) is 6.61 Å². The number of hydrogen-bond acceptors (Lipinski definition) is 14. The van der Waals surface area contributed by atoms with Gasteiger partial charge in [-0.1, -0.05) is 0 Å². The summed E-state index contributed by atoms with van der Waals surface area (Å²) in [6.45, 7) is -1.41. The highest BCUT2D eigenvalue weighted by Gasteiger charge is 2.57. The maximum absolute atomic E-state index is 12.0. The summed E-state index contributed by atoms with van der Waals surface area (Å²) in [6, 6.07) is 0. The van der Waals surface area contributed by atoms with Gasteiger partial charge in [0.1, 0.15) is 48.8 Å². The lowest BCUT2D eigenvalue weighted by Crippen LogP contribution is -2.67. The molecule has 2 aliphatic heterocycles. The van der Waals surface area contributed by atoms with Crippen molar-refractivity contribution >= 4 is 5.97 Å². The summed E-state index contributed by atoms with van der Waals surface area (Å²) in [7, 11) is 0. The normalized spacial score (nSPS) is 39.8. The Labute approximate surface area is 201 Å². The molecule has 2 rings (SSSR count). The number of ether oxygens (including phenoxy) is 4. The molecule has 206 valence electrons. The molecule has 0 spiro atoms. The average Bonchev–Trinajstić information content (AvgIpc) is 2.84. The minimum Gasteiger partial charge on any atom is -0.477 e. The van der Waals surface area contributed by atoms with Gasteiger partial charge in [-0.25, -0.2) is 4.79 Å². The molecule has 2 aliphatic rings. The van der Waals surface area contributed by atoms with Crippen LogP contribution in [-0.4, -0.2) is 145 Å². The van der Waals surface area contributed by atoms with Crippen LogP contribution in [0.3, 0.4) is 0 Å². The molecule has 3 unspecified atom stereocenters. The third kappa shape index (κ3) is 7.04. The number of nitrogens with two attached hydrogens (primary N) is 1. The lowest BCUT2D eigenvalue weighted by Gasteiger charge is -2.48. The van der Waals surface area contributed by atoms with Gasteiger partial charge in [0.05, 0.1) is 25.9 Å². The topological polar surface area (TPSA) is 262 Å². The summed E-state index contributed by atoms with van der Waals surface area (Å²) >= 11 is 0. The molecule has 0 bridgehead atoms. The fraction of sp³-hybridized carbons (Fsp3) is 0.950. The van der Waals surface area contributed by atoms with Crippen molar-refractivity contribution in [3.05, 3.63) is 0 Å². The minimum atomic E-state index is -2.39. The second-order valence-corrected chi connectivity index (χ2v) is 8.65. The molecule has 0 aromatic heterocycles. The Morgan fingerprint density at radius 1 is 0.971 bits per heavy atom. The molecule has 0 aliphatic carbocycles. The van der Waals surface area contributed by atoms with E-state index in [1.807, 2.05) is 0 Å². The fourth-order valence-corrected chi connectivity index (χ4v) is 4.03. The summed E-state index contributed by atoms with van der Waals surface area (Å²) in [5, 5.41) is 89.8. The van der Waals surface area contributed by atoms with Gasteiger partial charge in [-0.2, -0.15) is 0 Å². The van der Waals surface area contributed by atoms with Crippen LogP contribution in [0, 0.1) is 0 Å². The number of carboxylic acids is 1. The van der Waals surface area contributed by atoms with E-state index in [1.54, 1.807) is 0 Å². The van der Waals surface area contributed by atoms with Gasteiger partial charge in [0, 0.05) is 6.42 Å². The van der Waals surface area contributed by atoms with Crippen molar-refractivity contribution < 1.29 is 69.7 Å². The number of hydrogen-bond donors (Lipinski definition) is 10. The van der Waals surface area contributed by atoms with Crippen molar-refractivity contribution in [1.29, 1.82) is 0 Å². The number of carbonyl (C=O) groups is 1. The minimum absolute atomic E-state index is 0.0677. The van der Waals surface area contributed by atoms with E-state index in [9.17, 15) is 45.6 Å². The first kappa shape index (κ1) is 30.2. The van der Waals surface area contributed by atoms with Gasteiger partial charge in [0.25, 0.3) is 5.79 Å². The molecule has 0 aromatic carbocycles. The third-order valence-electron chi connectivity index (χ3n) is 6.05. The summed E-state index contributed by atoms with van der Waals surface area (Å²) in [5.74, 6) is -3.98. The van der Waals surface area contributed by atoms with Gasteiger partial charge in [-0.3, -0.25) is 0 Å². The van der Waals surface area contributed by atoms with Gasteiger partial charge in [0.15, 0.2) is 6.29 Å². The first-order valence-electron chi connectivity index (χ1n) is 11.4. The molecule has 15 heteroatoms. The van der Waals surface area contributed by atoms with Crippen molar-refractivity contribution in [3.8, 4) is 0 Å². The van der Waals surface area contributed by atoms with E-state index in [0.29, 0.717) is 25.8 Å². The molecule has 0 amide bonds. The Morgan fingerprint density at radius 3 is 2.17 bits per heavy atom. The quantitative estimate of drug-likeness (QED) is 0.103. The zero-order valence-electron chi connectivity index (χ0n) is 19.1. The van der Waals surface area contributed by atoms with Crippen LogP contribution >= 0.6 is 0 Å². The highest BCUT2D eigenvalue weighted by molar-refractivity contribution is 5.76. The molecule has 11 N–H and O–H groups in total. The second-order valence-electron chi connectivity index (χ2n) is 8.65. The lowest BCUT2D eigenvalue weighted by molar-refractivity contribution is -0.369. The molecule has 0 aromatic rings. The molecule has 11 atom stereocenters. The van der Waals surface area contributed by atoms with Crippen LogP contribution in [0.15, 0.2) is 0 Å². The van der Waals surface area contributed by atoms with E-state index < -0.39 is 92.6 Å². The Balaban J connectivity index is 2.23. The second kappa shape index (κ2) is 13.5. The fourth-order valence-electron chi connectivity index (χ4n) is 4.03. The van der Waals surface area contributed by atoms with Gasteiger partial charge >= 0.3 is 5.97 Å². The molecule has 2 heterocycles. The highest BCUT2D eigenvalue weighted by Crippen LogP contribution is 2.36. The van der Waals surface area contributed by atoms with E-state index in [1.165, 1.54) is 0 Å². The number of aliphatic hydroxyl groups is 8. The monoisotopic (exact) mass is 515 g/mol. The zero-order chi connectivity index (χ0) is 26.3. The number of aliphatic carboxylic acids is 1. The van der Waals surface area contributed by atoms with Crippen LogP contribution in [0.25, 0.3) is 0 Å². The standard InChI is InChI=1S/C20H37NO14/c21-4-2-1-3-5-32-20(19(30)31)6-9(24)16(17(35-20)11(26)8-23)34-18-14(29)12(27)13(28)15(33-18)10(25)7-22/h9-18,22-29H,1-8,21H2,(H,30,31)/t9-,10+,11-,12?,13+,14-,15?,16-,17?,18-,20-/m1/s1. The summed E-state index contributed by atoms with van der Waals surface area (Å²) < 4.78 is 21.8. The smallest absolute Gasteiger partial charge is 0.364 e. The van der Waals surface area contributed by atoms with Crippen molar-refractivity contribution in [2.24, 2.45) is 5.73 Å². The SMILES string of the molecule is NCCCCCO[C@]1(C(=O)O)C[C@@H](O)[C@@H](O[C@H]2OC([C@@H](O)CO)[C@@H](O)C(O)[C@H]2O)C([C@H](O)CO)O1. The van der Waals surface area contributed by atoms with Gasteiger partial charge < -0.3 is 70.6 Å². The maximum Gasteiger partial charge on any atom is 0.364 e. The zero-order valence-corrected chi connectivity index (χ0v) is 19.1. The predicted molar refractivity (Wildman–Crippen MR) is 112 cm³/mol. The van der Waals surface area contributed by atoms with E-state index in [0.717, 1.165) is 0 Å². The largest absolute Gasteiger partial charge is 0.477 e. The number of aliphatic hydroxyl groups excluding tert-OH is 8. The first-order chi connectivity index (χ1) is 16.5. The third-order valence-corrected chi connectivity index (χ3v) is 6.05. The average molecular weight is 516 g/mol. The molecule has 2 saturated heterocycles. The van der Waals surface area contributed by atoms with Crippen LogP contribution in [0.4, 0.5) is 0 Å². The van der Waals surface area contributed by atoms with Crippen LogP contribution in [0.5, 0.6) is 0 Å². The lowest BCUT2D eigenvalue weighted by atomic mass is 9.91. The van der Waals surface area contributed by atoms with Crippen molar-refractivity contribution in [1.82, 2.24) is 0 Å². The molecule has 2 fully saturated rings. The molecular weight excluding hydrogens is 478 g/mol. The predicted octanol–water partition coefficient (Wildman–Crippen LogP) is -5.04. The Bertz CT molecular complexity index is 657. The van der Waals surface area contributed by atoms with Crippen LogP contribution in [-0.2, 0) is 23.7 Å². The van der Waals surface area contributed by atoms with Crippen LogP contribution in [0.1, 0.15) is 25.7 Å². The summed E-state index contributed by atoms with van der Waals surface area (Å²) in [4.78, 5) is 12.0. The summed E-state index contributed by atoms with van der Waals surface area (Å²) in [6.07, 6.45) is -16.4. The van der Waals surface area contributed by atoms with Gasteiger partial charge in [-0.15, -0.1) is 0 Å². The molecule has 0 radical (unpaired) electrons. The van der Waals surface area contributed by atoms with E-state index in [4.69, 9.17) is 29.8 Å². The van der Waals surface area contributed by atoms with Gasteiger partial charge in [0.2, 0.25) is 0 Å². The Morgan fingerprint density at radius 2 is 1.60 bits per heavy atom. The van der Waals surface area contributed by atoms with Gasteiger partial charge in [-0.05, 0) is 25.8 Å². The molecule has 35 heavy (non-hydrogen) atoms. The van der Waals surface area contributed by atoms with E-state index in [2.05, 4.69) is 0 Å². The van der Waals surface area contributed by atoms with Crippen LogP contribution < -0.4 is 5.73 Å². The first-order valence-corrected chi connectivity index (χ1v) is 11.4. The molecular formula is C20H37NO14. The molecule has 15 nitrogen and oxygen atoms in total. The number of carboxylic acid groups (broad SMARTS) is 1. The van der Waals surface area contributed by atoms with Crippen LogP contribution in [0.2, 0.25) is 0 Å². The maximum atomic E-state index is 12.0. The highest BCUT2D eigenvalue weighted by atomic mass is 16.8. The van der Waals surface area contributed by atoms with Crippen molar-refractivity contribution in [2.45, 2.75) is 92.7 Å². The van der Waals surface area contributed by atoms with E-state index >= 15 is 0 Å².